The van der Waals surface area contributed by atoms with E-state index in [2.05, 4.69) is 11.3 Å². The molecule has 1 unspecified atom stereocenters. The van der Waals surface area contributed by atoms with Crippen molar-refractivity contribution < 1.29 is 22.9 Å². The summed E-state index contributed by atoms with van der Waals surface area (Å²) in [6.07, 6.45) is 0. The first-order valence-electron chi connectivity index (χ1n) is 9.47. The van der Waals surface area contributed by atoms with Crippen molar-refractivity contribution in [3.63, 3.8) is 0 Å². The van der Waals surface area contributed by atoms with Gasteiger partial charge in [-0.15, -0.1) is 0 Å². The minimum absolute atomic E-state index is 0.0252. The number of hydrogen-bond donors (Lipinski definition) is 1. The van der Waals surface area contributed by atoms with Gasteiger partial charge in [0.1, 0.15) is 5.75 Å². The molecule has 1 atom stereocenters. The molecule has 0 saturated heterocycles. The van der Waals surface area contributed by atoms with Gasteiger partial charge in [-0.2, -0.15) is 4.72 Å². The molecular formula is C23H20N2O6S. The highest BCUT2D eigenvalue weighted by Crippen LogP contribution is 2.28. The number of carbonyl (C=O) groups excluding carboxylic acids is 1. The quantitative estimate of drug-likeness (QED) is 0.181. The molecule has 0 aromatic heterocycles. The Morgan fingerprint density at radius 2 is 1.69 bits per heavy atom. The van der Waals surface area contributed by atoms with Crippen molar-refractivity contribution in [2.24, 2.45) is 0 Å². The number of nitrogens with zero attached hydrogens (tertiary/aromatic N) is 1. The highest BCUT2D eigenvalue weighted by atomic mass is 32.2. The van der Waals surface area contributed by atoms with E-state index in [4.69, 9.17) is 4.74 Å². The Kier molecular flexibility index (Phi) is 6.82. The van der Waals surface area contributed by atoms with E-state index in [1.807, 2.05) is 6.92 Å². The molecule has 0 saturated carbocycles. The molecular weight excluding hydrogens is 432 g/mol. The predicted molar refractivity (Wildman–Crippen MR) is 119 cm³/mol. The van der Waals surface area contributed by atoms with E-state index < -0.39 is 27.0 Å². The number of ether oxygens (including phenoxy) is 1. The van der Waals surface area contributed by atoms with Gasteiger partial charge in [0.05, 0.1) is 21.4 Å². The Labute approximate surface area is 185 Å². The van der Waals surface area contributed by atoms with Gasteiger partial charge in [0.15, 0.2) is 0 Å². The number of para-hydroxylation sites is 1. The van der Waals surface area contributed by atoms with Crippen molar-refractivity contribution in [1.82, 2.24) is 4.72 Å². The van der Waals surface area contributed by atoms with E-state index >= 15 is 0 Å². The monoisotopic (exact) mass is 452 g/mol. The summed E-state index contributed by atoms with van der Waals surface area (Å²) in [6.45, 7) is 5.54. The Hall–Kier alpha value is -3.82. The highest BCUT2D eigenvalue weighted by Gasteiger charge is 2.29. The van der Waals surface area contributed by atoms with E-state index in [0.717, 1.165) is 5.56 Å². The van der Waals surface area contributed by atoms with Crippen molar-refractivity contribution in [3.8, 4) is 5.75 Å². The maximum atomic E-state index is 13.0. The van der Waals surface area contributed by atoms with Crippen LogP contribution in [0.1, 0.15) is 17.2 Å². The first-order chi connectivity index (χ1) is 15.2. The molecule has 3 aromatic carbocycles. The van der Waals surface area contributed by atoms with Crippen molar-refractivity contribution in [2.45, 2.75) is 17.9 Å². The summed E-state index contributed by atoms with van der Waals surface area (Å²) in [5.41, 5.74) is 0.552. The molecule has 0 aliphatic carbocycles. The van der Waals surface area contributed by atoms with Crippen LogP contribution < -0.4 is 9.46 Å². The number of rotatable bonds is 8. The molecule has 3 rings (SSSR count). The number of nitrogens with one attached hydrogen (secondary N) is 1. The van der Waals surface area contributed by atoms with Gasteiger partial charge in [0.2, 0.25) is 10.0 Å². The molecule has 3 aromatic rings. The summed E-state index contributed by atoms with van der Waals surface area (Å²) in [7, 11) is -4.10. The maximum Gasteiger partial charge on any atom is 0.340 e. The van der Waals surface area contributed by atoms with Crippen LogP contribution in [0, 0.1) is 17.0 Å². The first-order valence-corrected chi connectivity index (χ1v) is 10.9. The third kappa shape index (κ3) is 5.45. The van der Waals surface area contributed by atoms with E-state index in [1.54, 1.807) is 42.5 Å². The smallest absolute Gasteiger partial charge is 0.340 e. The number of nitro benzene ring substituents is 1. The standard InChI is InChI=1S/C23H20N2O6S/c1-16-11-13-21(14-12-16)32(29,30)24-22(18-7-6-8-19(15-18)25(27)28)17(2)23(26)31-20-9-4-3-5-10-20/h3-15,22,24H,2H2,1H3. The van der Waals surface area contributed by atoms with Gasteiger partial charge >= 0.3 is 5.97 Å². The maximum absolute atomic E-state index is 13.0. The summed E-state index contributed by atoms with van der Waals surface area (Å²) < 4.78 is 33.7. The largest absolute Gasteiger partial charge is 0.423 e. The molecule has 0 radical (unpaired) electrons. The average Bonchev–Trinajstić information content (AvgIpc) is 2.78. The van der Waals surface area contributed by atoms with Crippen LogP contribution in [-0.2, 0) is 14.8 Å². The summed E-state index contributed by atoms with van der Waals surface area (Å²) in [5, 5.41) is 11.2. The number of carbonyl (C=O) groups is 1. The Balaban J connectivity index is 1.98. The average molecular weight is 452 g/mol. The number of sulfonamides is 1. The van der Waals surface area contributed by atoms with Crippen molar-refractivity contribution in [1.29, 1.82) is 0 Å². The second-order valence-corrected chi connectivity index (χ2v) is 8.66. The lowest BCUT2D eigenvalue weighted by molar-refractivity contribution is -0.384. The van der Waals surface area contributed by atoms with Gasteiger partial charge in [-0.1, -0.05) is 54.6 Å². The van der Waals surface area contributed by atoms with Crippen LogP contribution in [0.2, 0.25) is 0 Å². The van der Waals surface area contributed by atoms with Gasteiger partial charge in [-0.05, 0) is 36.8 Å². The zero-order valence-electron chi connectivity index (χ0n) is 17.1. The third-order valence-corrected chi connectivity index (χ3v) is 6.02. The SMILES string of the molecule is C=C(C(=O)Oc1ccccc1)C(NS(=O)(=O)c1ccc(C)cc1)c1cccc([N+](=O)[O-])c1. The highest BCUT2D eigenvalue weighted by molar-refractivity contribution is 7.89. The van der Waals surface area contributed by atoms with E-state index in [0.29, 0.717) is 0 Å². The molecule has 0 aliphatic heterocycles. The lowest BCUT2D eigenvalue weighted by Crippen LogP contribution is -2.33. The van der Waals surface area contributed by atoms with Crippen LogP contribution in [0.5, 0.6) is 5.75 Å². The van der Waals surface area contributed by atoms with Crippen LogP contribution in [0.25, 0.3) is 0 Å². The zero-order chi connectivity index (χ0) is 23.3. The molecule has 32 heavy (non-hydrogen) atoms. The lowest BCUT2D eigenvalue weighted by atomic mass is 10.0. The van der Waals surface area contributed by atoms with Gasteiger partial charge in [-0.3, -0.25) is 10.1 Å². The summed E-state index contributed by atoms with van der Waals surface area (Å²) in [5.74, 6) is -0.628. The molecule has 9 heteroatoms. The predicted octanol–water partition coefficient (Wildman–Crippen LogP) is 4.08. The molecule has 0 heterocycles. The number of non-ortho nitro benzene ring substituents is 1. The summed E-state index contributed by atoms with van der Waals surface area (Å²) in [6, 6.07) is 18.3. The van der Waals surface area contributed by atoms with E-state index in [1.165, 1.54) is 36.4 Å². The Bertz CT molecular complexity index is 1260. The molecule has 1 N–H and O–H groups in total. The molecule has 0 spiro atoms. The van der Waals surface area contributed by atoms with Gasteiger partial charge < -0.3 is 4.74 Å². The fourth-order valence-corrected chi connectivity index (χ4v) is 4.10. The molecule has 0 aliphatic rings. The normalized spacial score (nSPS) is 12.0. The Morgan fingerprint density at radius 3 is 2.31 bits per heavy atom. The Morgan fingerprint density at radius 1 is 1.03 bits per heavy atom. The number of hydrogen-bond acceptors (Lipinski definition) is 6. The number of esters is 1. The second-order valence-electron chi connectivity index (χ2n) is 6.95. The van der Waals surface area contributed by atoms with E-state index in [-0.39, 0.29) is 27.5 Å². The molecule has 0 bridgehead atoms. The van der Waals surface area contributed by atoms with Gasteiger partial charge in [0.25, 0.3) is 5.69 Å². The molecule has 0 fully saturated rings. The number of benzene rings is 3. The van der Waals surface area contributed by atoms with Crippen LogP contribution >= 0.6 is 0 Å². The molecule has 8 nitrogen and oxygen atoms in total. The number of nitro groups is 1. The summed E-state index contributed by atoms with van der Waals surface area (Å²) >= 11 is 0. The minimum atomic E-state index is -4.10. The topological polar surface area (TPSA) is 116 Å². The molecule has 164 valence electrons. The lowest BCUT2D eigenvalue weighted by Gasteiger charge is -2.21. The summed E-state index contributed by atoms with van der Waals surface area (Å²) in [4.78, 5) is 23.3. The zero-order valence-corrected chi connectivity index (χ0v) is 17.9. The van der Waals surface area contributed by atoms with Crippen LogP contribution in [0.15, 0.2) is 95.9 Å². The minimum Gasteiger partial charge on any atom is -0.423 e. The fraction of sp³-hybridized carbons (Fsp3) is 0.0870. The molecule has 0 amide bonds. The van der Waals surface area contributed by atoms with Gasteiger partial charge in [-0.25, -0.2) is 13.2 Å². The van der Waals surface area contributed by atoms with E-state index in [9.17, 15) is 23.3 Å². The fourth-order valence-electron chi connectivity index (χ4n) is 2.88. The van der Waals surface area contributed by atoms with Crippen molar-refractivity contribution >= 4 is 21.7 Å². The first kappa shape index (κ1) is 22.9. The van der Waals surface area contributed by atoms with Crippen molar-refractivity contribution in [2.75, 3.05) is 0 Å². The number of aryl methyl sites for hydroxylation is 1. The second kappa shape index (κ2) is 9.54. The van der Waals surface area contributed by atoms with Crippen LogP contribution in [0.3, 0.4) is 0 Å². The van der Waals surface area contributed by atoms with Gasteiger partial charge in [0, 0.05) is 12.1 Å². The van der Waals surface area contributed by atoms with Crippen LogP contribution in [0.4, 0.5) is 5.69 Å². The van der Waals surface area contributed by atoms with Crippen LogP contribution in [-0.4, -0.2) is 19.3 Å². The van der Waals surface area contributed by atoms with Crippen molar-refractivity contribution in [3.05, 3.63) is 112 Å². The third-order valence-electron chi connectivity index (χ3n) is 4.58.